The molecule has 0 bridgehead atoms. The molecule has 0 atom stereocenters. The van der Waals surface area contributed by atoms with Gasteiger partial charge in [0.1, 0.15) is 0 Å². The lowest BCUT2D eigenvalue weighted by atomic mass is 10.1. The van der Waals surface area contributed by atoms with E-state index in [-0.39, 0.29) is 10.6 Å². The average molecular weight is 385 g/mol. The molecular formula is C21H27N3O4. The summed E-state index contributed by atoms with van der Waals surface area (Å²) in [5.74, 6) is 1.53. The second kappa shape index (κ2) is 9.52. The van der Waals surface area contributed by atoms with E-state index in [2.05, 4.69) is 15.9 Å². The van der Waals surface area contributed by atoms with E-state index < -0.39 is 0 Å². The van der Waals surface area contributed by atoms with Crippen LogP contribution in [-0.2, 0) is 13.1 Å². The largest absolute Gasteiger partial charge is 0.493 e. The van der Waals surface area contributed by atoms with Gasteiger partial charge in [0.25, 0.3) is 5.69 Å². The third-order valence-electron chi connectivity index (χ3n) is 4.98. The van der Waals surface area contributed by atoms with Crippen LogP contribution in [-0.4, -0.2) is 54.6 Å². The highest BCUT2D eigenvalue weighted by atomic mass is 16.6. The van der Waals surface area contributed by atoms with Crippen LogP contribution in [0.4, 0.5) is 5.69 Å². The summed E-state index contributed by atoms with van der Waals surface area (Å²) in [5, 5.41) is 11.2. The van der Waals surface area contributed by atoms with Crippen molar-refractivity contribution < 1.29 is 14.4 Å². The molecule has 1 aliphatic rings. The maximum atomic E-state index is 11.2. The zero-order valence-corrected chi connectivity index (χ0v) is 16.5. The molecule has 7 heteroatoms. The zero-order valence-electron chi connectivity index (χ0n) is 16.5. The second-order valence-corrected chi connectivity index (χ2v) is 6.86. The average Bonchev–Trinajstić information content (AvgIpc) is 2.70. The first kappa shape index (κ1) is 20.1. The molecule has 1 fully saturated rings. The van der Waals surface area contributed by atoms with E-state index in [4.69, 9.17) is 9.47 Å². The SMILES string of the molecule is CCOc1cc(CN2CCN(Cc3ccccc3[N+](=O)[O-])CC2)ccc1OC. The van der Waals surface area contributed by atoms with Crippen molar-refractivity contribution in [3.8, 4) is 11.5 Å². The lowest BCUT2D eigenvalue weighted by Crippen LogP contribution is -2.45. The van der Waals surface area contributed by atoms with Gasteiger partial charge >= 0.3 is 0 Å². The van der Waals surface area contributed by atoms with E-state index in [0.717, 1.165) is 49.8 Å². The molecule has 7 nitrogen and oxygen atoms in total. The summed E-state index contributed by atoms with van der Waals surface area (Å²) in [4.78, 5) is 15.6. The molecule has 0 amide bonds. The highest BCUT2D eigenvalue weighted by Crippen LogP contribution is 2.29. The maximum absolute atomic E-state index is 11.2. The Bertz CT molecular complexity index is 804. The van der Waals surface area contributed by atoms with E-state index in [9.17, 15) is 10.1 Å². The molecule has 28 heavy (non-hydrogen) atoms. The lowest BCUT2D eigenvalue weighted by molar-refractivity contribution is -0.385. The van der Waals surface area contributed by atoms with E-state index in [0.29, 0.717) is 13.2 Å². The molecule has 150 valence electrons. The van der Waals surface area contributed by atoms with E-state index in [1.807, 2.05) is 31.2 Å². The molecule has 0 N–H and O–H groups in total. The van der Waals surface area contributed by atoms with Crippen LogP contribution in [0.15, 0.2) is 42.5 Å². The summed E-state index contributed by atoms with van der Waals surface area (Å²) in [5.41, 5.74) is 2.17. The van der Waals surface area contributed by atoms with E-state index in [1.165, 1.54) is 5.56 Å². The van der Waals surface area contributed by atoms with Gasteiger partial charge in [0.15, 0.2) is 11.5 Å². The van der Waals surface area contributed by atoms with E-state index in [1.54, 1.807) is 19.2 Å². The summed E-state index contributed by atoms with van der Waals surface area (Å²) in [6.45, 7) is 7.66. The molecule has 0 saturated carbocycles. The maximum Gasteiger partial charge on any atom is 0.273 e. The first-order valence-corrected chi connectivity index (χ1v) is 9.57. The summed E-state index contributed by atoms with van der Waals surface area (Å²) in [6.07, 6.45) is 0. The van der Waals surface area contributed by atoms with Gasteiger partial charge in [-0.1, -0.05) is 24.3 Å². The number of nitro groups is 1. The molecule has 0 unspecified atom stereocenters. The lowest BCUT2D eigenvalue weighted by Gasteiger charge is -2.34. The highest BCUT2D eigenvalue weighted by molar-refractivity contribution is 5.43. The molecular weight excluding hydrogens is 358 g/mol. The van der Waals surface area contributed by atoms with Crippen LogP contribution in [0.3, 0.4) is 0 Å². The molecule has 1 aliphatic heterocycles. The van der Waals surface area contributed by atoms with Gasteiger partial charge in [0, 0.05) is 50.9 Å². The minimum Gasteiger partial charge on any atom is -0.493 e. The molecule has 0 aliphatic carbocycles. The molecule has 3 rings (SSSR count). The molecule has 1 heterocycles. The number of ether oxygens (including phenoxy) is 2. The highest BCUT2D eigenvalue weighted by Gasteiger charge is 2.21. The Balaban J connectivity index is 1.56. The summed E-state index contributed by atoms with van der Waals surface area (Å²) >= 11 is 0. The molecule has 2 aromatic rings. The standard InChI is InChI=1S/C21H27N3O4/c1-3-28-21-14-17(8-9-20(21)27-2)15-22-10-12-23(13-11-22)16-18-6-4-5-7-19(18)24(25)26/h4-9,14H,3,10-13,15-16H2,1-2H3. The Kier molecular flexibility index (Phi) is 6.84. The van der Waals surface area contributed by atoms with Crippen molar-refractivity contribution in [3.05, 3.63) is 63.7 Å². The minimum absolute atomic E-state index is 0.201. The van der Waals surface area contributed by atoms with Crippen LogP contribution in [0.25, 0.3) is 0 Å². The fraction of sp³-hybridized carbons (Fsp3) is 0.429. The third-order valence-corrected chi connectivity index (χ3v) is 4.98. The Hall–Kier alpha value is -2.64. The van der Waals surface area contributed by atoms with Gasteiger partial charge in [0.05, 0.1) is 18.6 Å². The van der Waals surface area contributed by atoms with Gasteiger partial charge in [-0.05, 0) is 24.6 Å². The van der Waals surface area contributed by atoms with Crippen molar-refractivity contribution in [3.63, 3.8) is 0 Å². The monoisotopic (exact) mass is 385 g/mol. The van der Waals surface area contributed by atoms with Crippen LogP contribution in [0.1, 0.15) is 18.1 Å². The summed E-state index contributed by atoms with van der Waals surface area (Å²) in [6, 6.07) is 13.1. The van der Waals surface area contributed by atoms with Crippen molar-refractivity contribution in [2.24, 2.45) is 0 Å². The number of nitrogens with zero attached hydrogens (tertiary/aromatic N) is 3. The fourth-order valence-corrected chi connectivity index (χ4v) is 3.52. The van der Waals surface area contributed by atoms with Crippen molar-refractivity contribution in [2.45, 2.75) is 20.0 Å². The van der Waals surface area contributed by atoms with Crippen LogP contribution in [0, 0.1) is 10.1 Å². The Morgan fingerprint density at radius 3 is 2.32 bits per heavy atom. The Labute approximate surface area is 165 Å². The second-order valence-electron chi connectivity index (χ2n) is 6.86. The number of benzene rings is 2. The molecule has 0 aromatic heterocycles. The number of nitro benzene ring substituents is 1. The van der Waals surface area contributed by atoms with Crippen molar-refractivity contribution in [1.29, 1.82) is 0 Å². The topological polar surface area (TPSA) is 68.1 Å². The third kappa shape index (κ3) is 4.99. The zero-order chi connectivity index (χ0) is 19.9. The van der Waals surface area contributed by atoms with Crippen molar-refractivity contribution in [1.82, 2.24) is 9.80 Å². The normalized spacial score (nSPS) is 15.4. The number of methoxy groups -OCH3 is 1. The molecule has 1 saturated heterocycles. The van der Waals surface area contributed by atoms with Crippen molar-refractivity contribution in [2.75, 3.05) is 39.9 Å². The summed E-state index contributed by atoms with van der Waals surface area (Å²) in [7, 11) is 1.65. The fourth-order valence-electron chi connectivity index (χ4n) is 3.52. The van der Waals surface area contributed by atoms with Crippen LogP contribution < -0.4 is 9.47 Å². The van der Waals surface area contributed by atoms with Gasteiger partial charge in [-0.15, -0.1) is 0 Å². The van der Waals surface area contributed by atoms with Crippen LogP contribution >= 0.6 is 0 Å². The number of hydrogen-bond acceptors (Lipinski definition) is 6. The predicted molar refractivity (Wildman–Crippen MR) is 108 cm³/mol. The van der Waals surface area contributed by atoms with Gasteiger partial charge in [-0.3, -0.25) is 19.9 Å². The predicted octanol–water partition coefficient (Wildman–Crippen LogP) is 3.32. The first-order valence-electron chi connectivity index (χ1n) is 9.57. The number of hydrogen-bond donors (Lipinski definition) is 0. The van der Waals surface area contributed by atoms with E-state index >= 15 is 0 Å². The molecule has 0 radical (unpaired) electrons. The smallest absolute Gasteiger partial charge is 0.273 e. The number of piperazine rings is 1. The Morgan fingerprint density at radius 2 is 1.68 bits per heavy atom. The van der Waals surface area contributed by atoms with Crippen molar-refractivity contribution >= 4 is 5.69 Å². The number of para-hydroxylation sites is 1. The quantitative estimate of drug-likeness (QED) is 0.513. The number of rotatable bonds is 8. The van der Waals surface area contributed by atoms with Gasteiger partial charge < -0.3 is 9.47 Å². The first-order chi connectivity index (χ1) is 13.6. The molecule has 2 aromatic carbocycles. The summed E-state index contributed by atoms with van der Waals surface area (Å²) < 4.78 is 11.0. The van der Waals surface area contributed by atoms with Gasteiger partial charge in [-0.25, -0.2) is 0 Å². The molecule has 0 spiro atoms. The minimum atomic E-state index is -0.300. The van der Waals surface area contributed by atoms with Gasteiger partial charge in [0.2, 0.25) is 0 Å². The van der Waals surface area contributed by atoms with Gasteiger partial charge in [-0.2, -0.15) is 0 Å². The van der Waals surface area contributed by atoms with Crippen LogP contribution in [0.2, 0.25) is 0 Å². The Morgan fingerprint density at radius 1 is 1.00 bits per heavy atom. The van der Waals surface area contributed by atoms with Crippen LogP contribution in [0.5, 0.6) is 11.5 Å².